The first kappa shape index (κ1) is 24.9. The van der Waals surface area contributed by atoms with Crippen molar-refractivity contribution in [3.05, 3.63) is 174 Å². The van der Waals surface area contributed by atoms with Crippen molar-refractivity contribution in [3.63, 3.8) is 0 Å². The van der Waals surface area contributed by atoms with E-state index in [0.717, 1.165) is 11.4 Å². The van der Waals surface area contributed by atoms with Crippen LogP contribution in [0.2, 0.25) is 0 Å². The second-order valence-corrected chi connectivity index (χ2v) is 12.9. The minimum absolute atomic E-state index is 0.492. The molecule has 1 spiro atoms. The Labute approximate surface area is 264 Å². The number of hydrogen-bond acceptors (Lipinski definition) is 3. The van der Waals surface area contributed by atoms with E-state index in [-0.39, 0.29) is 0 Å². The molecule has 0 saturated carbocycles. The van der Waals surface area contributed by atoms with Gasteiger partial charge in [0.05, 0.1) is 27.8 Å². The highest BCUT2D eigenvalue weighted by molar-refractivity contribution is 7.99. The molecule has 1 aliphatic carbocycles. The summed E-state index contributed by atoms with van der Waals surface area (Å²) in [5, 5.41) is 2.51. The molecule has 1 aliphatic heterocycles. The van der Waals surface area contributed by atoms with Gasteiger partial charge in [0.2, 0.25) is 0 Å². The van der Waals surface area contributed by atoms with Gasteiger partial charge in [-0.05, 0) is 94.0 Å². The van der Waals surface area contributed by atoms with Gasteiger partial charge in [-0.25, -0.2) is 0 Å². The molecule has 4 heterocycles. The van der Waals surface area contributed by atoms with Crippen molar-refractivity contribution in [2.45, 2.75) is 15.2 Å². The SMILES string of the molecule is c1ccc(-n2c3ccccc3c3cc(-c4ccc5c(c4)C4(c6ccccc6S5)c5cccnc5-c5ncccc54)ccc32)cc1. The Bertz CT molecular complexity index is 2430. The second kappa shape index (κ2) is 9.28. The summed E-state index contributed by atoms with van der Waals surface area (Å²) in [5.41, 5.74) is 12.4. The van der Waals surface area contributed by atoms with Gasteiger partial charge in [0.15, 0.2) is 0 Å². The average Bonchev–Trinajstić information content (AvgIpc) is 3.60. The zero-order valence-electron chi connectivity index (χ0n) is 24.2. The van der Waals surface area contributed by atoms with Gasteiger partial charge in [0.1, 0.15) is 0 Å². The van der Waals surface area contributed by atoms with Crippen LogP contribution in [0.3, 0.4) is 0 Å². The number of hydrogen-bond donors (Lipinski definition) is 0. The van der Waals surface area contributed by atoms with Crippen molar-refractivity contribution < 1.29 is 0 Å². The summed E-state index contributed by atoms with van der Waals surface area (Å²) in [4.78, 5) is 12.3. The minimum Gasteiger partial charge on any atom is -0.309 e. The number of fused-ring (bicyclic) bond motifs is 12. The second-order valence-electron chi connectivity index (χ2n) is 11.8. The first-order valence-electron chi connectivity index (χ1n) is 15.2. The van der Waals surface area contributed by atoms with E-state index in [4.69, 9.17) is 9.97 Å². The van der Waals surface area contributed by atoms with Crippen LogP contribution in [0.1, 0.15) is 22.3 Å². The molecule has 210 valence electrons. The molecule has 3 aromatic heterocycles. The molecule has 0 amide bonds. The summed E-state index contributed by atoms with van der Waals surface area (Å²) in [6, 6.07) is 50.8. The van der Waals surface area contributed by atoms with E-state index < -0.39 is 5.41 Å². The fraction of sp³-hybridized carbons (Fsp3) is 0.0244. The van der Waals surface area contributed by atoms with Crippen LogP contribution in [0, 0.1) is 0 Å². The fourth-order valence-electron chi connectivity index (χ4n) is 7.75. The Balaban J connectivity index is 1.24. The molecule has 0 N–H and O–H groups in total. The number of nitrogens with zero attached hydrogens (tertiary/aromatic N) is 3. The Morgan fingerprint density at radius 2 is 1.09 bits per heavy atom. The number of rotatable bonds is 2. The van der Waals surface area contributed by atoms with Crippen LogP contribution in [-0.2, 0) is 5.41 Å². The molecule has 0 atom stereocenters. The molecule has 8 aromatic rings. The summed E-state index contributed by atoms with van der Waals surface area (Å²) < 4.78 is 2.37. The minimum atomic E-state index is -0.492. The Hall–Kier alpha value is -5.45. The van der Waals surface area contributed by atoms with Crippen LogP contribution in [0.5, 0.6) is 0 Å². The number of benzene rings is 5. The zero-order valence-corrected chi connectivity index (χ0v) is 25.0. The molecule has 0 unspecified atom stereocenters. The highest BCUT2D eigenvalue weighted by atomic mass is 32.2. The van der Waals surface area contributed by atoms with Crippen LogP contribution in [-0.4, -0.2) is 14.5 Å². The zero-order chi connectivity index (χ0) is 29.5. The van der Waals surface area contributed by atoms with Gasteiger partial charge < -0.3 is 4.57 Å². The molecule has 10 rings (SSSR count). The Morgan fingerprint density at radius 3 is 1.91 bits per heavy atom. The van der Waals surface area contributed by atoms with Crippen LogP contribution in [0.25, 0.3) is 50.0 Å². The largest absolute Gasteiger partial charge is 0.309 e. The molecule has 0 saturated heterocycles. The third-order valence-electron chi connectivity index (χ3n) is 9.56. The van der Waals surface area contributed by atoms with E-state index in [1.165, 1.54) is 70.7 Å². The lowest BCUT2D eigenvalue weighted by Gasteiger charge is -2.39. The monoisotopic (exact) mass is 591 g/mol. The van der Waals surface area contributed by atoms with Gasteiger partial charge in [-0.15, -0.1) is 0 Å². The lowest BCUT2D eigenvalue weighted by atomic mass is 9.67. The van der Waals surface area contributed by atoms with Gasteiger partial charge >= 0.3 is 0 Å². The molecule has 5 aromatic carbocycles. The molecule has 45 heavy (non-hydrogen) atoms. The van der Waals surface area contributed by atoms with Crippen molar-refractivity contribution in [2.75, 3.05) is 0 Å². The van der Waals surface area contributed by atoms with Gasteiger partial charge in [0.25, 0.3) is 0 Å². The summed E-state index contributed by atoms with van der Waals surface area (Å²) in [6.45, 7) is 0. The topological polar surface area (TPSA) is 30.7 Å². The third-order valence-corrected chi connectivity index (χ3v) is 10.7. The fourth-order valence-corrected chi connectivity index (χ4v) is 8.92. The first-order valence-corrected chi connectivity index (χ1v) is 16.1. The van der Waals surface area contributed by atoms with E-state index in [0.29, 0.717) is 0 Å². The molecular weight excluding hydrogens is 567 g/mol. The number of aromatic nitrogens is 3. The van der Waals surface area contributed by atoms with Crippen molar-refractivity contribution in [1.82, 2.24) is 14.5 Å². The highest BCUT2D eigenvalue weighted by Gasteiger charge is 2.51. The van der Waals surface area contributed by atoms with Crippen molar-refractivity contribution in [2.24, 2.45) is 0 Å². The van der Waals surface area contributed by atoms with Gasteiger partial charge in [0, 0.05) is 38.6 Å². The smallest absolute Gasteiger partial charge is 0.0937 e. The predicted octanol–water partition coefficient (Wildman–Crippen LogP) is 10.1. The lowest BCUT2D eigenvalue weighted by Crippen LogP contribution is -2.32. The molecule has 4 heteroatoms. The molecule has 0 bridgehead atoms. The predicted molar refractivity (Wildman–Crippen MR) is 183 cm³/mol. The maximum absolute atomic E-state index is 4.90. The van der Waals surface area contributed by atoms with Gasteiger partial charge in [-0.2, -0.15) is 0 Å². The van der Waals surface area contributed by atoms with Crippen LogP contribution < -0.4 is 0 Å². The van der Waals surface area contributed by atoms with Gasteiger partial charge in [-0.1, -0.05) is 90.6 Å². The lowest BCUT2D eigenvalue weighted by molar-refractivity contribution is 0.720. The van der Waals surface area contributed by atoms with Gasteiger partial charge in [-0.3, -0.25) is 9.97 Å². The molecule has 0 fully saturated rings. The van der Waals surface area contributed by atoms with E-state index in [1.54, 1.807) is 0 Å². The standard InChI is InChI=1S/C41H25N3S/c1-2-10-28(11-3-1)44-35-16-6-4-12-29(35)30-24-26(18-20-36(30)44)27-19-21-38-34(25-27)41(31-13-5-7-17-37(31)45-38)32-14-8-22-42-39(32)40-33(41)15-9-23-43-40/h1-25H. The number of pyridine rings is 2. The number of para-hydroxylation sites is 2. The summed E-state index contributed by atoms with van der Waals surface area (Å²) in [6.07, 6.45) is 3.77. The first-order chi connectivity index (χ1) is 22.3. The van der Waals surface area contributed by atoms with E-state index >= 15 is 0 Å². The Morgan fingerprint density at radius 1 is 0.467 bits per heavy atom. The summed E-state index contributed by atoms with van der Waals surface area (Å²) in [5.74, 6) is 0. The van der Waals surface area contributed by atoms with E-state index in [1.807, 2.05) is 24.2 Å². The van der Waals surface area contributed by atoms with Crippen LogP contribution in [0.15, 0.2) is 162 Å². The average molecular weight is 592 g/mol. The van der Waals surface area contributed by atoms with E-state index in [9.17, 15) is 0 Å². The molecular formula is C41H25N3S. The summed E-state index contributed by atoms with van der Waals surface area (Å²) in [7, 11) is 0. The molecule has 3 nitrogen and oxygen atoms in total. The van der Waals surface area contributed by atoms with Crippen molar-refractivity contribution >= 4 is 33.6 Å². The Kier molecular flexibility index (Phi) is 5.14. The van der Waals surface area contributed by atoms with Crippen LogP contribution in [0.4, 0.5) is 0 Å². The van der Waals surface area contributed by atoms with Crippen molar-refractivity contribution in [3.8, 4) is 28.2 Å². The maximum atomic E-state index is 4.90. The quantitative estimate of drug-likeness (QED) is 0.200. The molecule has 0 radical (unpaired) electrons. The van der Waals surface area contributed by atoms with Crippen molar-refractivity contribution in [1.29, 1.82) is 0 Å². The van der Waals surface area contributed by atoms with E-state index in [2.05, 4.69) is 144 Å². The highest BCUT2D eigenvalue weighted by Crippen LogP contribution is 2.61. The third kappa shape index (κ3) is 3.32. The maximum Gasteiger partial charge on any atom is 0.0937 e. The summed E-state index contributed by atoms with van der Waals surface area (Å²) >= 11 is 1.86. The molecule has 2 aliphatic rings. The van der Waals surface area contributed by atoms with Crippen LogP contribution >= 0.6 is 11.8 Å². The normalized spacial score (nSPS) is 13.9.